The van der Waals surface area contributed by atoms with E-state index < -0.39 is 10.8 Å². The van der Waals surface area contributed by atoms with Crippen LogP contribution >= 0.6 is 0 Å². The number of amides is 1. The van der Waals surface area contributed by atoms with E-state index in [-0.39, 0.29) is 17.3 Å². The molecule has 0 saturated carbocycles. The number of aromatic nitrogens is 1. The molecular formula is C24H26N4O5. The number of aryl methyl sites for hydroxylation is 1. The van der Waals surface area contributed by atoms with Gasteiger partial charge in [-0.05, 0) is 55.8 Å². The van der Waals surface area contributed by atoms with Gasteiger partial charge in [-0.1, -0.05) is 12.1 Å². The predicted octanol–water partition coefficient (Wildman–Crippen LogP) is 4.75. The smallest absolute Gasteiger partial charge is 0.293 e. The molecule has 172 valence electrons. The third kappa shape index (κ3) is 6.27. The lowest BCUT2D eigenvalue weighted by atomic mass is 10.1. The number of methoxy groups -OCH3 is 1. The van der Waals surface area contributed by atoms with Crippen molar-refractivity contribution < 1.29 is 19.2 Å². The van der Waals surface area contributed by atoms with Gasteiger partial charge >= 0.3 is 0 Å². The van der Waals surface area contributed by atoms with Gasteiger partial charge in [0.1, 0.15) is 18.0 Å². The highest BCUT2D eigenvalue weighted by molar-refractivity contribution is 6.05. The molecule has 0 saturated heterocycles. The first-order chi connectivity index (χ1) is 15.9. The van der Waals surface area contributed by atoms with Gasteiger partial charge < -0.3 is 20.1 Å². The molecule has 1 unspecified atom stereocenters. The molecule has 0 fully saturated rings. The van der Waals surface area contributed by atoms with E-state index in [4.69, 9.17) is 9.47 Å². The minimum atomic E-state index is -0.518. The summed E-state index contributed by atoms with van der Waals surface area (Å²) >= 11 is 0. The van der Waals surface area contributed by atoms with Gasteiger partial charge in [0.25, 0.3) is 11.6 Å². The van der Waals surface area contributed by atoms with E-state index in [1.54, 1.807) is 31.5 Å². The Bertz CT molecular complexity index is 1120. The van der Waals surface area contributed by atoms with Crippen LogP contribution in [-0.2, 0) is 4.74 Å². The molecule has 0 aliphatic rings. The van der Waals surface area contributed by atoms with E-state index in [0.29, 0.717) is 30.3 Å². The van der Waals surface area contributed by atoms with Crippen LogP contribution in [0.15, 0.2) is 60.8 Å². The summed E-state index contributed by atoms with van der Waals surface area (Å²) in [7, 11) is 1.57. The third-order valence-electron chi connectivity index (χ3n) is 4.89. The van der Waals surface area contributed by atoms with Crippen molar-refractivity contribution in [3.8, 4) is 5.75 Å². The number of nitro benzene ring substituents is 1. The Hall–Kier alpha value is -3.98. The first-order valence-electron chi connectivity index (χ1n) is 10.4. The third-order valence-corrected chi connectivity index (χ3v) is 4.89. The first-order valence-corrected chi connectivity index (χ1v) is 10.4. The van der Waals surface area contributed by atoms with E-state index in [2.05, 4.69) is 15.6 Å². The van der Waals surface area contributed by atoms with Crippen LogP contribution in [0.1, 0.15) is 34.6 Å². The maximum Gasteiger partial charge on any atom is 0.293 e. The normalized spacial score (nSPS) is 11.5. The number of benzene rings is 2. The summed E-state index contributed by atoms with van der Waals surface area (Å²) in [5.41, 5.74) is 2.43. The summed E-state index contributed by atoms with van der Waals surface area (Å²) in [5, 5.41) is 17.6. The van der Waals surface area contributed by atoms with Gasteiger partial charge in [0.05, 0.1) is 29.0 Å². The fourth-order valence-electron chi connectivity index (χ4n) is 3.17. The van der Waals surface area contributed by atoms with Gasteiger partial charge in [-0.25, -0.2) is 0 Å². The molecule has 3 rings (SSSR count). The van der Waals surface area contributed by atoms with Gasteiger partial charge in [0.2, 0.25) is 0 Å². The number of rotatable bonds is 10. The van der Waals surface area contributed by atoms with E-state index in [1.165, 1.54) is 18.2 Å². The maximum atomic E-state index is 12.9. The Morgan fingerprint density at radius 3 is 2.61 bits per heavy atom. The average molecular weight is 450 g/mol. The summed E-state index contributed by atoms with van der Waals surface area (Å²) in [6.45, 7) is 4.49. The van der Waals surface area contributed by atoms with Crippen molar-refractivity contribution in [2.24, 2.45) is 0 Å². The van der Waals surface area contributed by atoms with Crippen LogP contribution in [0.2, 0.25) is 0 Å². The van der Waals surface area contributed by atoms with Gasteiger partial charge in [-0.15, -0.1) is 0 Å². The quantitative estimate of drug-likeness (QED) is 0.260. The van der Waals surface area contributed by atoms with E-state index in [1.807, 2.05) is 32.0 Å². The Kier molecular flexibility index (Phi) is 7.93. The molecule has 1 heterocycles. The number of pyridine rings is 1. The maximum absolute atomic E-state index is 12.9. The molecule has 1 aromatic heterocycles. The second-order valence-corrected chi connectivity index (χ2v) is 7.40. The number of carbonyl (C=O) groups excluding carboxylic acids is 1. The second-order valence-electron chi connectivity index (χ2n) is 7.40. The van der Waals surface area contributed by atoms with Crippen molar-refractivity contribution in [1.82, 2.24) is 4.98 Å². The number of nitro groups is 1. The van der Waals surface area contributed by atoms with Crippen molar-refractivity contribution >= 4 is 23.0 Å². The summed E-state index contributed by atoms with van der Waals surface area (Å²) < 4.78 is 10.7. The van der Waals surface area contributed by atoms with Gasteiger partial charge in [-0.2, -0.15) is 0 Å². The van der Waals surface area contributed by atoms with Crippen LogP contribution in [0, 0.1) is 17.0 Å². The number of hydrogen-bond donors (Lipinski definition) is 2. The number of nitrogens with one attached hydrogen (secondary N) is 2. The minimum absolute atomic E-state index is 0.154. The SMILES string of the molecule is COCCOc1cc(C)ccc1NC(=O)c1ccc(NC(C)c2ccccn2)c([N+](=O)[O-])c1. The van der Waals surface area contributed by atoms with Gasteiger partial charge in [0, 0.05) is 24.9 Å². The molecule has 0 bridgehead atoms. The van der Waals surface area contributed by atoms with Crippen LogP contribution in [0.4, 0.5) is 17.1 Å². The van der Waals surface area contributed by atoms with E-state index in [9.17, 15) is 14.9 Å². The zero-order valence-electron chi connectivity index (χ0n) is 18.7. The Labute approximate surface area is 191 Å². The lowest BCUT2D eigenvalue weighted by Gasteiger charge is -2.16. The molecule has 0 radical (unpaired) electrons. The number of anilines is 2. The van der Waals surface area contributed by atoms with Crippen LogP contribution in [-0.4, -0.2) is 36.1 Å². The fraction of sp³-hybridized carbons (Fsp3) is 0.250. The number of nitrogens with zero attached hydrogens (tertiary/aromatic N) is 2. The van der Waals surface area contributed by atoms with Gasteiger partial charge in [0.15, 0.2) is 0 Å². The molecule has 33 heavy (non-hydrogen) atoms. The number of hydrogen-bond acceptors (Lipinski definition) is 7. The van der Waals surface area contributed by atoms with Crippen LogP contribution in [0.5, 0.6) is 5.75 Å². The summed E-state index contributed by atoms with van der Waals surface area (Å²) in [4.78, 5) is 28.3. The summed E-state index contributed by atoms with van der Waals surface area (Å²) in [6, 6.07) is 14.9. The first kappa shape index (κ1) is 23.7. The molecule has 9 nitrogen and oxygen atoms in total. The minimum Gasteiger partial charge on any atom is -0.489 e. The molecule has 1 amide bonds. The van der Waals surface area contributed by atoms with Crippen LogP contribution < -0.4 is 15.4 Å². The predicted molar refractivity (Wildman–Crippen MR) is 126 cm³/mol. The topological polar surface area (TPSA) is 116 Å². The second kappa shape index (κ2) is 11.1. The monoisotopic (exact) mass is 450 g/mol. The highest BCUT2D eigenvalue weighted by Crippen LogP contribution is 2.30. The van der Waals surface area contributed by atoms with E-state index >= 15 is 0 Å². The van der Waals surface area contributed by atoms with Gasteiger partial charge in [-0.3, -0.25) is 19.9 Å². The summed E-state index contributed by atoms with van der Waals surface area (Å²) in [5.74, 6) is 0.0141. The van der Waals surface area contributed by atoms with Crippen molar-refractivity contribution in [3.63, 3.8) is 0 Å². The molecule has 0 aliphatic carbocycles. The van der Waals surface area contributed by atoms with Crippen molar-refractivity contribution in [3.05, 3.63) is 87.7 Å². The van der Waals surface area contributed by atoms with Crippen LogP contribution in [0.25, 0.3) is 0 Å². The molecule has 0 aliphatic heterocycles. The molecule has 3 aromatic rings. The highest BCUT2D eigenvalue weighted by atomic mass is 16.6. The molecule has 0 spiro atoms. The Morgan fingerprint density at radius 1 is 1.12 bits per heavy atom. The Morgan fingerprint density at radius 2 is 1.91 bits per heavy atom. The Balaban J connectivity index is 1.80. The zero-order valence-corrected chi connectivity index (χ0v) is 18.7. The fourth-order valence-corrected chi connectivity index (χ4v) is 3.17. The van der Waals surface area contributed by atoms with Crippen molar-refractivity contribution in [1.29, 1.82) is 0 Å². The molecule has 1 atom stereocenters. The largest absolute Gasteiger partial charge is 0.489 e. The highest BCUT2D eigenvalue weighted by Gasteiger charge is 2.20. The lowest BCUT2D eigenvalue weighted by molar-refractivity contribution is -0.384. The van der Waals surface area contributed by atoms with Crippen molar-refractivity contribution in [2.45, 2.75) is 19.9 Å². The molecule has 2 aromatic carbocycles. The standard InChI is InChI=1S/C24H26N4O5/c1-16-7-9-21(23(14-16)33-13-12-32-3)27-24(29)18-8-10-20(22(15-18)28(30)31)26-17(2)19-6-4-5-11-25-19/h4-11,14-15,17,26H,12-13H2,1-3H3,(H,27,29). The number of carbonyl (C=O) groups is 1. The van der Waals surface area contributed by atoms with E-state index in [0.717, 1.165) is 11.3 Å². The molecule has 2 N–H and O–H groups in total. The van der Waals surface area contributed by atoms with Crippen LogP contribution in [0.3, 0.4) is 0 Å². The molecule has 9 heteroatoms. The lowest BCUT2D eigenvalue weighted by Crippen LogP contribution is -2.15. The molecular weight excluding hydrogens is 424 g/mol. The zero-order chi connectivity index (χ0) is 23.8. The number of ether oxygens (including phenoxy) is 2. The summed E-state index contributed by atoms with van der Waals surface area (Å²) in [6.07, 6.45) is 1.66. The van der Waals surface area contributed by atoms with Crippen molar-refractivity contribution in [2.75, 3.05) is 31.0 Å². The average Bonchev–Trinajstić information content (AvgIpc) is 2.81.